The molecule has 0 atom stereocenters. The number of carbonyl (C=O) groups is 1. The lowest BCUT2D eigenvalue weighted by Crippen LogP contribution is -2.19. The third kappa shape index (κ3) is 3.76. The second-order valence-corrected chi connectivity index (χ2v) is 5.57. The molecule has 0 aliphatic rings. The van der Waals surface area contributed by atoms with Crippen LogP contribution >= 0.6 is 0 Å². The van der Waals surface area contributed by atoms with Crippen molar-refractivity contribution in [1.82, 2.24) is 19.6 Å². The van der Waals surface area contributed by atoms with Crippen LogP contribution in [0.25, 0.3) is 5.78 Å². The molecule has 0 radical (unpaired) electrons. The lowest BCUT2D eigenvalue weighted by Gasteiger charge is -2.16. The summed E-state index contributed by atoms with van der Waals surface area (Å²) in [6.45, 7) is 1.65. The molecule has 27 heavy (non-hydrogen) atoms. The van der Waals surface area contributed by atoms with Gasteiger partial charge in [0.2, 0.25) is 0 Å². The minimum atomic E-state index is -4.89. The van der Waals surface area contributed by atoms with E-state index in [1.807, 2.05) is 0 Å². The largest absolute Gasteiger partial charge is 0.573 e. The Balaban J connectivity index is 2.10. The molecule has 3 aromatic rings. The van der Waals surface area contributed by atoms with Gasteiger partial charge in [0.15, 0.2) is 0 Å². The molecule has 2 aromatic heterocycles. The highest BCUT2D eigenvalue weighted by atomic mass is 19.4. The summed E-state index contributed by atoms with van der Waals surface area (Å²) in [6.07, 6.45) is -3.70. The number of anilines is 1. The van der Waals surface area contributed by atoms with Crippen molar-refractivity contribution in [2.75, 3.05) is 12.8 Å². The number of benzene rings is 1. The van der Waals surface area contributed by atoms with E-state index in [0.717, 1.165) is 6.07 Å². The van der Waals surface area contributed by atoms with E-state index in [4.69, 9.17) is 5.73 Å². The molecule has 8 nitrogen and oxygen atoms in total. The van der Waals surface area contributed by atoms with E-state index >= 15 is 0 Å². The van der Waals surface area contributed by atoms with Crippen LogP contribution in [0.15, 0.2) is 24.5 Å². The summed E-state index contributed by atoms with van der Waals surface area (Å²) in [6, 6.07) is 3.50. The first-order valence-corrected chi connectivity index (χ1v) is 7.61. The monoisotopic (exact) mass is 381 g/mol. The van der Waals surface area contributed by atoms with Crippen molar-refractivity contribution in [3.63, 3.8) is 0 Å². The Kier molecular flexibility index (Phi) is 4.60. The molecule has 142 valence electrons. The number of nitrogen functional groups attached to an aromatic ring is 1. The van der Waals surface area contributed by atoms with Crippen molar-refractivity contribution in [3.05, 3.63) is 46.9 Å². The number of halogens is 3. The molecule has 11 heteroatoms. The topological polar surface area (TPSA) is 105 Å². The maximum absolute atomic E-state index is 12.7. The number of hydrogen-bond acceptors (Lipinski definition) is 7. The van der Waals surface area contributed by atoms with Gasteiger partial charge in [-0.2, -0.15) is 14.6 Å². The standard InChI is InChI=1S/C16H14F3N5O3/c1-8-11(13(20)24-15(23-8)21-7-22-24)6-10-5-9(14(25)26-2)3-4-12(10)27-16(17,18)19/h3-5,7H,6,20H2,1-2H3. The quantitative estimate of drug-likeness (QED) is 0.692. The summed E-state index contributed by atoms with van der Waals surface area (Å²) < 4.78 is 48.2. The second kappa shape index (κ2) is 6.74. The SMILES string of the molecule is COC(=O)c1ccc(OC(F)(F)F)c(Cc2c(C)nc3ncnn3c2N)c1. The van der Waals surface area contributed by atoms with Gasteiger partial charge in [0.05, 0.1) is 12.7 Å². The van der Waals surface area contributed by atoms with Crippen LogP contribution in [0.1, 0.15) is 27.2 Å². The number of nitrogens with zero attached hydrogens (tertiary/aromatic N) is 4. The van der Waals surface area contributed by atoms with Crippen LogP contribution in [0.2, 0.25) is 0 Å². The highest BCUT2D eigenvalue weighted by Crippen LogP contribution is 2.31. The average molecular weight is 381 g/mol. The zero-order chi connectivity index (χ0) is 19.8. The maximum Gasteiger partial charge on any atom is 0.573 e. The lowest BCUT2D eigenvalue weighted by atomic mass is 10.0. The average Bonchev–Trinajstić information content (AvgIpc) is 3.06. The number of methoxy groups -OCH3 is 1. The van der Waals surface area contributed by atoms with Crippen LogP contribution in [0.5, 0.6) is 5.75 Å². The van der Waals surface area contributed by atoms with Gasteiger partial charge in [0, 0.05) is 17.7 Å². The molecular weight excluding hydrogens is 367 g/mol. The Hall–Kier alpha value is -3.37. The summed E-state index contributed by atoms with van der Waals surface area (Å²) in [5.74, 6) is -0.697. The fraction of sp³-hybridized carbons (Fsp3) is 0.250. The van der Waals surface area contributed by atoms with Gasteiger partial charge < -0.3 is 15.2 Å². The molecule has 0 spiro atoms. The fourth-order valence-corrected chi connectivity index (χ4v) is 2.61. The van der Waals surface area contributed by atoms with E-state index in [-0.39, 0.29) is 29.1 Å². The lowest BCUT2D eigenvalue weighted by molar-refractivity contribution is -0.274. The van der Waals surface area contributed by atoms with Crippen LogP contribution in [0.4, 0.5) is 19.0 Å². The summed E-state index contributed by atoms with van der Waals surface area (Å²) in [4.78, 5) is 19.9. The number of ether oxygens (including phenoxy) is 2. The number of aryl methyl sites for hydroxylation is 1. The first kappa shape index (κ1) is 18.4. The van der Waals surface area contributed by atoms with Gasteiger partial charge in [0.25, 0.3) is 5.78 Å². The smallest absolute Gasteiger partial charge is 0.465 e. The molecule has 0 saturated heterocycles. The van der Waals surface area contributed by atoms with Crippen LogP contribution in [0, 0.1) is 6.92 Å². The Morgan fingerprint density at radius 2 is 2.07 bits per heavy atom. The van der Waals surface area contributed by atoms with Crippen LogP contribution < -0.4 is 10.5 Å². The number of fused-ring (bicyclic) bond motifs is 1. The van der Waals surface area contributed by atoms with Crippen molar-refractivity contribution < 1.29 is 27.4 Å². The van der Waals surface area contributed by atoms with Crippen LogP contribution in [0.3, 0.4) is 0 Å². The van der Waals surface area contributed by atoms with E-state index in [1.165, 1.54) is 30.1 Å². The van der Waals surface area contributed by atoms with Gasteiger partial charge >= 0.3 is 12.3 Å². The molecule has 0 aliphatic carbocycles. The highest BCUT2D eigenvalue weighted by Gasteiger charge is 2.32. The fourth-order valence-electron chi connectivity index (χ4n) is 2.61. The summed E-state index contributed by atoms with van der Waals surface area (Å²) in [7, 11) is 1.17. The number of hydrogen-bond donors (Lipinski definition) is 1. The molecule has 0 bridgehead atoms. The maximum atomic E-state index is 12.7. The van der Waals surface area contributed by atoms with Crippen LogP contribution in [-0.2, 0) is 11.2 Å². The molecule has 2 heterocycles. The van der Waals surface area contributed by atoms with Gasteiger partial charge in [-0.05, 0) is 30.7 Å². The number of aromatic nitrogens is 4. The Morgan fingerprint density at radius 3 is 2.74 bits per heavy atom. The number of rotatable bonds is 4. The molecular formula is C16H14F3N5O3. The Morgan fingerprint density at radius 1 is 1.33 bits per heavy atom. The summed E-state index contributed by atoms with van der Waals surface area (Å²) in [5, 5.41) is 3.94. The normalized spacial score (nSPS) is 11.6. The van der Waals surface area contributed by atoms with E-state index in [2.05, 4.69) is 24.5 Å². The van der Waals surface area contributed by atoms with Crippen LogP contribution in [-0.4, -0.2) is 39.0 Å². The van der Waals surface area contributed by atoms with Gasteiger partial charge in [-0.15, -0.1) is 13.2 Å². The number of nitrogens with two attached hydrogens (primary N) is 1. The zero-order valence-electron chi connectivity index (χ0n) is 14.2. The predicted molar refractivity (Wildman–Crippen MR) is 87.2 cm³/mol. The zero-order valence-corrected chi connectivity index (χ0v) is 14.2. The molecule has 0 saturated carbocycles. The van der Waals surface area contributed by atoms with E-state index in [0.29, 0.717) is 11.3 Å². The van der Waals surface area contributed by atoms with Crippen molar-refractivity contribution in [2.45, 2.75) is 19.7 Å². The number of alkyl halides is 3. The van der Waals surface area contributed by atoms with Gasteiger partial charge in [-0.3, -0.25) is 0 Å². The highest BCUT2D eigenvalue weighted by molar-refractivity contribution is 5.89. The first-order valence-electron chi connectivity index (χ1n) is 7.61. The molecule has 0 unspecified atom stereocenters. The third-order valence-corrected chi connectivity index (χ3v) is 3.85. The van der Waals surface area contributed by atoms with E-state index in [9.17, 15) is 18.0 Å². The minimum Gasteiger partial charge on any atom is -0.465 e. The molecule has 3 rings (SSSR count). The third-order valence-electron chi connectivity index (χ3n) is 3.85. The van der Waals surface area contributed by atoms with E-state index in [1.54, 1.807) is 6.92 Å². The number of esters is 1. The molecule has 2 N–H and O–H groups in total. The summed E-state index contributed by atoms with van der Waals surface area (Å²) >= 11 is 0. The van der Waals surface area contributed by atoms with Crippen molar-refractivity contribution in [1.29, 1.82) is 0 Å². The second-order valence-electron chi connectivity index (χ2n) is 5.57. The van der Waals surface area contributed by atoms with Crippen molar-refractivity contribution >= 4 is 17.6 Å². The molecule has 0 fully saturated rings. The molecule has 0 amide bonds. The Bertz CT molecular complexity index is 1020. The van der Waals surface area contributed by atoms with Gasteiger partial charge in [-0.25, -0.2) is 9.78 Å². The first-order chi connectivity index (χ1) is 12.7. The van der Waals surface area contributed by atoms with Crippen molar-refractivity contribution in [2.24, 2.45) is 0 Å². The van der Waals surface area contributed by atoms with E-state index < -0.39 is 18.1 Å². The number of carbonyl (C=O) groups excluding carboxylic acids is 1. The molecule has 1 aromatic carbocycles. The van der Waals surface area contributed by atoms with Crippen molar-refractivity contribution in [3.8, 4) is 5.75 Å². The van der Waals surface area contributed by atoms with Gasteiger partial charge in [0.1, 0.15) is 17.9 Å². The minimum absolute atomic E-state index is 0.0727. The molecule has 0 aliphatic heterocycles. The Labute approximate surface area is 150 Å². The summed E-state index contributed by atoms with van der Waals surface area (Å²) in [5.41, 5.74) is 7.14. The predicted octanol–water partition coefficient (Wildman–Crippen LogP) is 2.29. The van der Waals surface area contributed by atoms with Gasteiger partial charge in [-0.1, -0.05) is 0 Å².